The zero-order chi connectivity index (χ0) is 55.1. The Bertz CT molecular complexity index is 4740. The van der Waals surface area contributed by atoms with Crippen molar-refractivity contribution in [2.24, 2.45) is 0 Å². The number of anilines is 6. The van der Waals surface area contributed by atoms with Crippen LogP contribution < -0.4 is 9.80 Å². The average Bonchev–Trinajstić information content (AvgIpc) is 2.05. The Morgan fingerprint density at radius 3 is 1.59 bits per heavy atom. The van der Waals surface area contributed by atoms with E-state index in [9.17, 15) is 5.48 Å². The Morgan fingerprint density at radius 2 is 0.821 bits per heavy atom. The van der Waals surface area contributed by atoms with Gasteiger partial charge in [0.2, 0.25) is 0 Å². The summed E-state index contributed by atoms with van der Waals surface area (Å²) in [5.41, 5.74) is 15.1. The molecular formula is C75H51N3. The van der Waals surface area contributed by atoms with Gasteiger partial charge in [-0.25, -0.2) is 0 Å². The fourth-order valence-corrected chi connectivity index (χ4v) is 12.6. The highest BCUT2D eigenvalue weighted by Gasteiger charge is 2.46. The Hall–Kier alpha value is -10.2. The van der Waals surface area contributed by atoms with Gasteiger partial charge in [-0.05, 0) is 140 Å². The van der Waals surface area contributed by atoms with E-state index < -0.39 is 5.41 Å². The van der Waals surface area contributed by atoms with Gasteiger partial charge in [-0.1, -0.05) is 224 Å². The smallest absolute Gasteiger partial charge is 0.0714 e. The van der Waals surface area contributed by atoms with Crippen molar-refractivity contribution in [3.8, 4) is 27.9 Å². The SMILES string of the molecule is [2H]c1c([2H])c(N(c2ccccc2)c2cccc3ccccc23)c([2H])c([2H])c1-c1cccc2c(N(c3ccc4c(c3)C(c3ccccc3)(c3ccccc3)c3ccccc3-4)c3ccc4c(c3)c3ccccc3n4-c3ccccc3)cccc12. The molecule has 3 heteroatoms. The van der Waals surface area contributed by atoms with Crippen LogP contribution in [0, 0.1) is 0 Å². The van der Waals surface area contributed by atoms with Crippen molar-refractivity contribution in [2.45, 2.75) is 5.41 Å². The quantitative estimate of drug-likeness (QED) is 0.135. The van der Waals surface area contributed by atoms with Gasteiger partial charge in [0.25, 0.3) is 0 Å². The van der Waals surface area contributed by atoms with E-state index in [0.29, 0.717) is 5.56 Å². The number of aromatic nitrogens is 1. The second kappa shape index (κ2) is 18.6. The summed E-state index contributed by atoms with van der Waals surface area (Å²) in [6.45, 7) is 0. The second-order valence-electron chi connectivity index (χ2n) is 20.1. The van der Waals surface area contributed by atoms with Gasteiger partial charge in [-0.15, -0.1) is 0 Å². The lowest BCUT2D eigenvalue weighted by Crippen LogP contribution is -2.28. The van der Waals surface area contributed by atoms with E-state index in [-0.39, 0.29) is 35.4 Å². The molecule has 0 fully saturated rings. The largest absolute Gasteiger partial charge is 0.310 e. The molecule has 0 saturated heterocycles. The van der Waals surface area contributed by atoms with Crippen molar-refractivity contribution >= 4 is 77.5 Å². The van der Waals surface area contributed by atoms with Crippen LogP contribution in [0.25, 0.3) is 71.3 Å². The summed E-state index contributed by atoms with van der Waals surface area (Å²) in [4.78, 5) is 4.24. The van der Waals surface area contributed by atoms with Gasteiger partial charge < -0.3 is 14.4 Å². The number of fused-ring (bicyclic) bond motifs is 8. The normalized spacial score (nSPS) is 13.2. The molecule has 0 amide bonds. The van der Waals surface area contributed by atoms with E-state index >= 15 is 0 Å². The van der Waals surface area contributed by atoms with Crippen LogP contribution in [0.2, 0.25) is 0 Å². The van der Waals surface area contributed by atoms with Gasteiger partial charge in [-0.3, -0.25) is 0 Å². The molecule has 1 heterocycles. The van der Waals surface area contributed by atoms with E-state index in [1.807, 2.05) is 95.9 Å². The third-order valence-electron chi connectivity index (χ3n) is 15.9. The summed E-state index contributed by atoms with van der Waals surface area (Å²) < 4.78 is 42.1. The minimum Gasteiger partial charge on any atom is -0.310 e. The van der Waals surface area contributed by atoms with E-state index in [1.54, 1.807) is 0 Å². The van der Waals surface area contributed by atoms with Crippen molar-refractivity contribution in [1.29, 1.82) is 0 Å². The molecule has 0 bridgehead atoms. The molecule has 0 N–H and O–H groups in total. The summed E-state index contributed by atoms with van der Waals surface area (Å²) in [7, 11) is 0. The fraction of sp³-hybridized carbons (Fsp3) is 0.0133. The van der Waals surface area contributed by atoms with Gasteiger partial charge in [0.05, 0.1) is 33.3 Å². The number of nitrogens with zero attached hydrogens (tertiary/aromatic N) is 3. The van der Waals surface area contributed by atoms with E-state index in [2.05, 4.69) is 204 Å². The van der Waals surface area contributed by atoms with Gasteiger partial charge in [0.1, 0.15) is 0 Å². The molecular weight excluding hydrogens is 943 g/mol. The molecule has 0 spiro atoms. The number of rotatable bonds is 10. The zero-order valence-corrected chi connectivity index (χ0v) is 42.5. The van der Waals surface area contributed by atoms with Crippen molar-refractivity contribution in [1.82, 2.24) is 4.57 Å². The number of para-hydroxylation sites is 3. The van der Waals surface area contributed by atoms with Crippen LogP contribution in [0.5, 0.6) is 0 Å². The van der Waals surface area contributed by atoms with Crippen molar-refractivity contribution in [2.75, 3.05) is 9.80 Å². The van der Waals surface area contributed by atoms with E-state index in [0.717, 1.165) is 77.5 Å². The van der Waals surface area contributed by atoms with Crippen molar-refractivity contribution in [3.05, 3.63) is 332 Å². The lowest BCUT2D eigenvalue weighted by atomic mass is 9.67. The maximum Gasteiger partial charge on any atom is 0.0714 e. The van der Waals surface area contributed by atoms with Crippen LogP contribution in [-0.4, -0.2) is 4.57 Å². The molecule has 0 saturated carbocycles. The van der Waals surface area contributed by atoms with Gasteiger partial charge in [0.15, 0.2) is 0 Å². The van der Waals surface area contributed by atoms with Crippen LogP contribution in [0.3, 0.4) is 0 Å². The predicted molar refractivity (Wildman–Crippen MR) is 328 cm³/mol. The first-order chi connectivity index (χ1) is 40.4. The third-order valence-corrected chi connectivity index (χ3v) is 15.9. The lowest BCUT2D eigenvalue weighted by molar-refractivity contribution is 0.768. The number of hydrogen-bond donors (Lipinski definition) is 0. The Balaban J connectivity index is 0.972. The highest BCUT2D eigenvalue weighted by atomic mass is 15.2. The molecule has 14 aromatic rings. The summed E-state index contributed by atoms with van der Waals surface area (Å²) in [5.74, 6) is 0. The van der Waals surface area contributed by atoms with E-state index in [1.165, 1.54) is 33.4 Å². The highest BCUT2D eigenvalue weighted by Crippen LogP contribution is 2.58. The number of benzene rings is 13. The Kier molecular flexibility index (Phi) is 9.77. The third kappa shape index (κ3) is 7.13. The predicted octanol–water partition coefficient (Wildman–Crippen LogP) is 20.1. The van der Waals surface area contributed by atoms with Crippen LogP contribution >= 0.6 is 0 Å². The second-order valence-corrected chi connectivity index (χ2v) is 20.1. The fourth-order valence-electron chi connectivity index (χ4n) is 12.6. The lowest BCUT2D eigenvalue weighted by Gasteiger charge is -2.35. The first-order valence-electron chi connectivity index (χ1n) is 28.6. The molecule has 1 aromatic heterocycles. The first kappa shape index (κ1) is 41.1. The van der Waals surface area contributed by atoms with Gasteiger partial charge >= 0.3 is 0 Å². The van der Waals surface area contributed by atoms with Gasteiger partial charge in [0, 0.05) is 50.0 Å². The average molecular weight is 998 g/mol. The highest BCUT2D eigenvalue weighted by molar-refractivity contribution is 6.12. The molecule has 78 heavy (non-hydrogen) atoms. The molecule has 3 nitrogen and oxygen atoms in total. The monoisotopic (exact) mass is 997 g/mol. The summed E-state index contributed by atoms with van der Waals surface area (Å²) in [6, 6.07) is 99.0. The molecule has 0 aliphatic heterocycles. The molecule has 15 rings (SSSR count). The van der Waals surface area contributed by atoms with E-state index in [4.69, 9.17) is 0 Å². The molecule has 0 unspecified atom stereocenters. The molecule has 13 aromatic carbocycles. The minimum atomic E-state index is -0.651. The maximum absolute atomic E-state index is 9.96. The first-order valence-corrected chi connectivity index (χ1v) is 26.6. The number of hydrogen-bond acceptors (Lipinski definition) is 2. The molecule has 0 radical (unpaired) electrons. The van der Waals surface area contributed by atoms with Gasteiger partial charge in [-0.2, -0.15) is 0 Å². The van der Waals surface area contributed by atoms with Crippen LogP contribution in [0.4, 0.5) is 34.1 Å². The minimum absolute atomic E-state index is 0.122. The Morgan fingerprint density at radius 1 is 0.308 bits per heavy atom. The summed E-state index contributed by atoms with van der Waals surface area (Å²) in [5, 5.41) is 5.86. The van der Waals surface area contributed by atoms with Crippen LogP contribution in [-0.2, 0) is 5.41 Å². The summed E-state index contributed by atoms with van der Waals surface area (Å²) >= 11 is 0. The molecule has 1 aliphatic carbocycles. The Labute approximate surface area is 460 Å². The van der Waals surface area contributed by atoms with Crippen LogP contribution in [0.1, 0.15) is 27.7 Å². The standard InChI is InChI=1S/C75H51N3/c1-5-24-54(25-6-1)75(55-26-7-2-8-27-55)69-38-17-15-33-64(69)65-48-46-60(51-70(65)75)77(59-47-49-74-68(50-59)67-34-16-18-39-73(67)78(74)57-30-11-4-12-31-57)72-41-21-36-63-61(35-20-37-66(63)72)53-42-44-58(45-43-53)76(56-28-9-3-10-29-56)71-40-19-23-52-22-13-14-32-62(52)71/h1-51H/i42D,43D,44D,45D. The molecule has 1 aliphatic rings. The van der Waals surface area contributed by atoms with Crippen molar-refractivity contribution < 1.29 is 5.48 Å². The topological polar surface area (TPSA) is 11.4 Å². The maximum atomic E-state index is 9.96. The van der Waals surface area contributed by atoms with Crippen LogP contribution in [0.15, 0.2) is 309 Å². The molecule has 366 valence electrons. The zero-order valence-electron chi connectivity index (χ0n) is 46.5. The summed E-state index contributed by atoms with van der Waals surface area (Å²) in [6.07, 6.45) is 0. The molecule has 0 atom stereocenters. The van der Waals surface area contributed by atoms with Crippen molar-refractivity contribution in [3.63, 3.8) is 0 Å².